The van der Waals surface area contributed by atoms with Crippen LogP contribution in [0.25, 0.3) is 0 Å². The van der Waals surface area contributed by atoms with Gasteiger partial charge in [-0.05, 0) is 26.2 Å². The van der Waals surface area contributed by atoms with Crippen LogP contribution in [0.2, 0.25) is 0 Å². The monoisotopic (exact) mass is 143 g/mol. The van der Waals surface area contributed by atoms with Crippen molar-refractivity contribution in [3.63, 3.8) is 0 Å². The van der Waals surface area contributed by atoms with E-state index in [0.29, 0.717) is 12.1 Å². The third-order valence-corrected chi connectivity index (χ3v) is 1.19. The number of hydrogen-bond acceptors (Lipinski definition) is 2. The summed E-state index contributed by atoms with van der Waals surface area (Å²) in [6.45, 7) is 1.74. The van der Waals surface area contributed by atoms with Crippen LogP contribution < -0.4 is 0 Å². The molecule has 0 aromatic rings. The second-order valence-corrected chi connectivity index (χ2v) is 2.38. The molecule has 0 saturated heterocycles. The molecule has 3 heteroatoms. The summed E-state index contributed by atoms with van der Waals surface area (Å²) in [4.78, 5) is 9.99. The van der Waals surface area contributed by atoms with E-state index in [1.165, 1.54) is 0 Å². The number of carboxylic acids is 1. The smallest absolute Gasteiger partial charge is 0.303 e. The molecular weight excluding hydrogens is 130 g/mol. The highest BCUT2D eigenvalue weighted by molar-refractivity contribution is 5.78. The van der Waals surface area contributed by atoms with Crippen molar-refractivity contribution in [2.24, 2.45) is 0 Å². The lowest BCUT2D eigenvalue weighted by Gasteiger charge is -1.94. The number of carbonyl (C=O) groups is 1. The minimum absolute atomic E-state index is 0.229. The van der Waals surface area contributed by atoms with Gasteiger partial charge in [-0.1, -0.05) is 0 Å². The molecular formula is C7H13NO2. The van der Waals surface area contributed by atoms with E-state index >= 15 is 0 Å². The van der Waals surface area contributed by atoms with Crippen molar-refractivity contribution in [3.8, 4) is 0 Å². The summed E-state index contributed by atoms with van der Waals surface area (Å²) in [6.07, 6.45) is 2.47. The Morgan fingerprint density at radius 2 is 1.90 bits per heavy atom. The fourth-order valence-corrected chi connectivity index (χ4v) is 0.666. The van der Waals surface area contributed by atoms with E-state index in [4.69, 9.17) is 10.5 Å². The summed E-state index contributed by atoms with van der Waals surface area (Å²) in [5, 5.41) is 15.3. The molecule has 0 radical (unpaired) electrons. The number of nitrogens with one attached hydrogen (secondary N) is 1. The molecule has 0 saturated carbocycles. The lowest BCUT2D eigenvalue weighted by atomic mass is 10.1. The predicted octanol–water partition coefficient (Wildman–Crippen LogP) is 1.67. The molecule has 0 amide bonds. The number of hydrogen-bond donors (Lipinski definition) is 2. The van der Waals surface area contributed by atoms with Crippen LogP contribution >= 0.6 is 0 Å². The lowest BCUT2D eigenvalue weighted by Crippen LogP contribution is -1.95. The topological polar surface area (TPSA) is 61.2 Å². The maximum absolute atomic E-state index is 9.99. The highest BCUT2D eigenvalue weighted by atomic mass is 16.4. The maximum atomic E-state index is 9.99. The average molecular weight is 143 g/mol. The van der Waals surface area contributed by atoms with Gasteiger partial charge in [0.25, 0.3) is 0 Å². The zero-order valence-corrected chi connectivity index (χ0v) is 6.18. The van der Waals surface area contributed by atoms with Gasteiger partial charge in [-0.2, -0.15) is 0 Å². The Morgan fingerprint density at radius 3 is 2.30 bits per heavy atom. The van der Waals surface area contributed by atoms with Gasteiger partial charge in [0.1, 0.15) is 0 Å². The molecule has 58 valence electrons. The molecule has 10 heavy (non-hydrogen) atoms. The molecule has 0 aliphatic heterocycles. The van der Waals surface area contributed by atoms with Crippen molar-refractivity contribution in [2.75, 3.05) is 0 Å². The number of rotatable bonds is 5. The zero-order valence-electron chi connectivity index (χ0n) is 6.18. The first kappa shape index (κ1) is 9.14. The molecule has 0 fully saturated rings. The summed E-state index contributed by atoms with van der Waals surface area (Å²) in [7, 11) is 0. The zero-order chi connectivity index (χ0) is 7.98. The SMILES string of the molecule is CC(=N)CCCCC(=O)O. The van der Waals surface area contributed by atoms with Crippen molar-refractivity contribution < 1.29 is 9.90 Å². The van der Waals surface area contributed by atoms with E-state index in [0.717, 1.165) is 12.8 Å². The molecule has 0 aromatic heterocycles. The quantitative estimate of drug-likeness (QED) is 0.454. The molecule has 0 aliphatic carbocycles. The minimum Gasteiger partial charge on any atom is -0.481 e. The summed E-state index contributed by atoms with van der Waals surface area (Å²) in [5.41, 5.74) is 0.630. The first-order chi connectivity index (χ1) is 4.63. The molecule has 0 unspecified atom stereocenters. The average Bonchev–Trinajstić information content (AvgIpc) is 1.79. The third-order valence-electron chi connectivity index (χ3n) is 1.19. The fourth-order valence-electron chi connectivity index (χ4n) is 0.666. The van der Waals surface area contributed by atoms with Gasteiger partial charge < -0.3 is 10.5 Å². The molecule has 0 bridgehead atoms. The van der Waals surface area contributed by atoms with Gasteiger partial charge in [-0.15, -0.1) is 0 Å². The lowest BCUT2D eigenvalue weighted by molar-refractivity contribution is -0.137. The van der Waals surface area contributed by atoms with Crippen molar-refractivity contribution in [1.29, 1.82) is 5.41 Å². The van der Waals surface area contributed by atoms with E-state index < -0.39 is 5.97 Å². The highest BCUT2D eigenvalue weighted by Gasteiger charge is 1.95. The van der Waals surface area contributed by atoms with Crippen LogP contribution in [0.15, 0.2) is 0 Å². The Bertz CT molecular complexity index is 116. The van der Waals surface area contributed by atoms with Crippen molar-refractivity contribution >= 4 is 11.7 Å². The molecule has 0 heterocycles. The number of aliphatic carboxylic acids is 1. The van der Waals surface area contributed by atoms with Crippen LogP contribution in [0, 0.1) is 5.41 Å². The molecule has 0 atom stereocenters. The van der Waals surface area contributed by atoms with E-state index in [-0.39, 0.29) is 6.42 Å². The Balaban J connectivity index is 3.06. The third kappa shape index (κ3) is 7.14. The van der Waals surface area contributed by atoms with Crippen LogP contribution in [0.1, 0.15) is 32.6 Å². The van der Waals surface area contributed by atoms with E-state index in [1.54, 1.807) is 6.92 Å². The Morgan fingerprint density at radius 1 is 1.40 bits per heavy atom. The van der Waals surface area contributed by atoms with Crippen LogP contribution in [0.3, 0.4) is 0 Å². The Kier molecular flexibility index (Phi) is 4.54. The van der Waals surface area contributed by atoms with Crippen molar-refractivity contribution in [3.05, 3.63) is 0 Å². The van der Waals surface area contributed by atoms with Gasteiger partial charge in [-0.3, -0.25) is 4.79 Å². The van der Waals surface area contributed by atoms with Gasteiger partial charge >= 0.3 is 5.97 Å². The minimum atomic E-state index is -0.748. The van der Waals surface area contributed by atoms with Crippen LogP contribution in [0.5, 0.6) is 0 Å². The van der Waals surface area contributed by atoms with Crippen molar-refractivity contribution in [1.82, 2.24) is 0 Å². The highest BCUT2D eigenvalue weighted by Crippen LogP contribution is 1.99. The standard InChI is InChI=1S/C7H13NO2/c1-6(8)4-2-3-5-7(9)10/h8H,2-5H2,1H3,(H,9,10). The normalized spacial score (nSPS) is 9.30. The first-order valence-electron chi connectivity index (χ1n) is 3.38. The number of unbranched alkanes of at least 4 members (excludes halogenated alkanes) is 1. The Labute approximate surface area is 60.6 Å². The summed E-state index contributed by atoms with van der Waals surface area (Å²) >= 11 is 0. The van der Waals surface area contributed by atoms with E-state index in [9.17, 15) is 4.79 Å². The number of carboxylic acid groups (broad SMARTS) is 1. The Hall–Kier alpha value is -0.860. The summed E-state index contributed by atoms with van der Waals surface area (Å²) < 4.78 is 0. The van der Waals surface area contributed by atoms with E-state index in [2.05, 4.69) is 0 Å². The van der Waals surface area contributed by atoms with Crippen LogP contribution in [-0.4, -0.2) is 16.8 Å². The second-order valence-electron chi connectivity index (χ2n) is 2.38. The fraction of sp³-hybridized carbons (Fsp3) is 0.714. The largest absolute Gasteiger partial charge is 0.481 e. The molecule has 0 spiro atoms. The van der Waals surface area contributed by atoms with Gasteiger partial charge in [0.05, 0.1) is 0 Å². The summed E-state index contributed by atoms with van der Waals surface area (Å²) in [6, 6.07) is 0. The second kappa shape index (κ2) is 4.97. The maximum Gasteiger partial charge on any atom is 0.303 e. The van der Waals surface area contributed by atoms with Gasteiger partial charge in [-0.25, -0.2) is 0 Å². The van der Waals surface area contributed by atoms with E-state index in [1.807, 2.05) is 0 Å². The van der Waals surface area contributed by atoms with Gasteiger partial charge in [0, 0.05) is 12.1 Å². The molecule has 3 nitrogen and oxygen atoms in total. The van der Waals surface area contributed by atoms with Crippen molar-refractivity contribution in [2.45, 2.75) is 32.6 Å². The van der Waals surface area contributed by atoms with Crippen LogP contribution in [0.4, 0.5) is 0 Å². The van der Waals surface area contributed by atoms with Gasteiger partial charge in [0.2, 0.25) is 0 Å². The molecule has 0 aromatic carbocycles. The van der Waals surface area contributed by atoms with Gasteiger partial charge in [0.15, 0.2) is 0 Å². The molecule has 0 aliphatic rings. The predicted molar refractivity (Wildman–Crippen MR) is 39.5 cm³/mol. The molecule has 2 N–H and O–H groups in total. The summed E-state index contributed by atoms with van der Waals surface area (Å²) in [5.74, 6) is -0.748. The van der Waals surface area contributed by atoms with Crippen LogP contribution in [-0.2, 0) is 4.79 Å². The first-order valence-corrected chi connectivity index (χ1v) is 3.38. The molecule has 0 rings (SSSR count).